The molecule has 0 saturated carbocycles. The summed E-state index contributed by atoms with van der Waals surface area (Å²) in [4.78, 5) is 0. The first-order valence-corrected chi connectivity index (χ1v) is 3.94. The second kappa shape index (κ2) is 12.2. The molecule has 0 aromatic rings. The molecule has 0 nitrogen and oxygen atoms in total. The lowest BCUT2D eigenvalue weighted by atomic mass is 10.2. The van der Waals surface area contributed by atoms with Crippen LogP contribution in [0.3, 0.4) is 0 Å². The van der Waals surface area contributed by atoms with Crippen molar-refractivity contribution in [1.29, 1.82) is 0 Å². The minimum Gasteiger partial charge on any atom is -0.0847 e. The van der Waals surface area contributed by atoms with E-state index >= 15 is 0 Å². The van der Waals surface area contributed by atoms with Crippen molar-refractivity contribution in [2.75, 3.05) is 0 Å². The van der Waals surface area contributed by atoms with Crippen molar-refractivity contribution < 1.29 is 0 Å². The van der Waals surface area contributed by atoms with Gasteiger partial charge in [-0.3, -0.25) is 0 Å². The van der Waals surface area contributed by atoms with Crippen LogP contribution in [-0.4, -0.2) is 0 Å². The minimum absolute atomic E-state index is 0. The fraction of sp³-hybridized carbons (Fsp3) is 0.636. The fourth-order valence-corrected chi connectivity index (χ4v) is 0.539. The van der Waals surface area contributed by atoms with Gasteiger partial charge >= 0.3 is 0 Å². The predicted molar refractivity (Wildman–Crippen MR) is 56.9 cm³/mol. The van der Waals surface area contributed by atoms with Gasteiger partial charge in [-0.2, -0.15) is 0 Å². The molecular formula is C11H24. The van der Waals surface area contributed by atoms with Crippen molar-refractivity contribution in [2.45, 2.75) is 49.0 Å². The van der Waals surface area contributed by atoms with E-state index in [0.717, 1.165) is 0 Å². The van der Waals surface area contributed by atoms with Gasteiger partial charge in [0.25, 0.3) is 0 Å². The molecule has 0 bridgehead atoms. The summed E-state index contributed by atoms with van der Waals surface area (Å²) in [6.45, 7) is 12.4. The molecule has 0 unspecified atom stereocenters. The standard InChI is InChI=1S/C8H14.C2H6.CH4/c1-5-8(4)6-7(2)3;1-2;/h5-6H,1-4H3;1-2H3;1H4/b8-5-;;. The highest BCUT2D eigenvalue weighted by Crippen LogP contribution is 1.98. The molecule has 0 aromatic carbocycles. The van der Waals surface area contributed by atoms with Gasteiger partial charge in [-0.25, -0.2) is 0 Å². The SMILES string of the molecule is C.C/C=C(/C)C=C(C)C.CC. The van der Waals surface area contributed by atoms with Gasteiger partial charge in [-0.15, -0.1) is 0 Å². The molecule has 0 saturated heterocycles. The molecule has 0 rings (SSSR count). The summed E-state index contributed by atoms with van der Waals surface area (Å²) in [6, 6.07) is 0. The summed E-state index contributed by atoms with van der Waals surface area (Å²) < 4.78 is 0. The van der Waals surface area contributed by atoms with E-state index in [4.69, 9.17) is 0 Å². The zero-order chi connectivity index (χ0) is 8.57. The third-order valence-electron chi connectivity index (χ3n) is 0.972. The van der Waals surface area contributed by atoms with Gasteiger partial charge in [-0.05, 0) is 27.7 Å². The smallest absolute Gasteiger partial charge is 0.0401 e. The quantitative estimate of drug-likeness (QED) is 0.487. The Labute approximate surface area is 73.0 Å². The summed E-state index contributed by atoms with van der Waals surface area (Å²) in [5.41, 5.74) is 2.70. The average Bonchev–Trinajstić information content (AvgIpc) is 1.91. The van der Waals surface area contributed by atoms with Crippen LogP contribution in [0.5, 0.6) is 0 Å². The van der Waals surface area contributed by atoms with E-state index in [0.29, 0.717) is 0 Å². The number of allylic oxidation sites excluding steroid dienone is 4. The molecule has 0 aliphatic rings. The lowest BCUT2D eigenvalue weighted by molar-refractivity contribution is 1.34. The van der Waals surface area contributed by atoms with Crippen LogP contribution in [0.25, 0.3) is 0 Å². The third-order valence-corrected chi connectivity index (χ3v) is 0.972. The van der Waals surface area contributed by atoms with Gasteiger partial charge in [0, 0.05) is 0 Å². The second-order valence-electron chi connectivity index (χ2n) is 2.25. The molecule has 0 amide bonds. The predicted octanol–water partition coefficient (Wildman–Crippen LogP) is 4.58. The Morgan fingerprint density at radius 1 is 1.00 bits per heavy atom. The van der Waals surface area contributed by atoms with Crippen LogP contribution in [0.2, 0.25) is 0 Å². The van der Waals surface area contributed by atoms with Crippen molar-refractivity contribution in [1.82, 2.24) is 0 Å². The van der Waals surface area contributed by atoms with Crippen molar-refractivity contribution in [3.05, 3.63) is 23.3 Å². The van der Waals surface area contributed by atoms with E-state index in [1.165, 1.54) is 11.1 Å². The second-order valence-corrected chi connectivity index (χ2v) is 2.25. The third kappa shape index (κ3) is 17.7. The Morgan fingerprint density at radius 2 is 1.36 bits per heavy atom. The van der Waals surface area contributed by atoms with E-state index in [1.54, 1.807) is 0 Å². The Balaban J connectivity index is -0.000000196. The molecule has 0 heterocycles. The Hall–Kier alpha value is -0.520. The Morgan fingerprint density at radius 3 is 1.45 bits per heavy atom. The Kier molecular flexibility index (Phi) is 18.6. The van der Waals surface area contributed by atoms with Crippen LogP contribution >= 0.6 is 0 Å². The lowest BCUT2D eigenvalue weighted by Crippen LogP contribution is -1.67. The normalized spacial score (nSPS) is 8.73. The van der Waals surface area contributed by atoms with Crippen LogP contribution in [0.15, 0.2) is 23.3 Å². The first-order chi connectivity index (χ1) is 4.66. The van der Waals surface area contributed by atoms with Gasteiger partial charge in [0.2, 0.25) is 0 Å². The van der Waals surface area contributed by atoms with Crippen molar-refractivity contribution in [3.63, 3.8) is 0 Å². The number of rotatable bonds is 1. The zero-order valence-corrected chi connectivity index (χ0v) is 8.15. The summed E-state index contributed by atoms with van der Waals surface area (Å²) in [5, 5.41) is 0. The van der Waals surface area contributed by atoms with E-state index < -0.39 is 0 Å². The molecule has 0 aliphatic carbocycles. The molecule has 0 atom stereocenters. The van der Waals surface area contributed by atoms with Gasteiger partial charge in [0.15, 0.2) is 0 Å². The highest BCUT2D eigenvalue weighted by atomic mass is 13.8. The first-order valence-electron chi connectivity index (χ1n) is 3.94. The van der Waals surface area contributed by atoms with Crippen molar-refractivity contribution in [3.8, 4) is 0 Å². The van der Waals surface area contributed by atoms with Crippen LogP contribution in [0.1, 0.15) is 49.0 Å². The van der Waals surface area contributed by atoms with Crippen LogP contribution in [0, 0.1) is 0 Å². The lowest BCUT2D eigenvalue weighted by Gasteiger charge is -1.88. The van der Waals surface area contributed by atoms with Crippen LogP contribution in [-0.2, 0) is 0 Å². The van der Waals surface area contributed by atoms with Crippen LogP contribution in [0.4, 0.5) is 0 Å². The molecule has 68 valence electrons. The molecule has 0 fully saturated rings. The van der Waals surface area contributed by atoms with Gasteiger partial charge in [-0.1, -0.05) is 44.6 Å². The number of hydrogen-bond acceptors (Lipinski definition) is 0. The zero-order valence-electron chi connectivity index (χ0n) is 8.15. The van der Waals surface area contributed by atoms with E-state index in [9.17, 15) is 0 Å². The fourth-order valence-electron chi connectivity index (χ4n) is 0.539. The maximum absolute atomic E-state index is 2.17. The summed E-state index contributed by atoms with van der Waals surface area (Å²) in [7, 11) is 0. The molecule has 0 radical (unpaired) electrons. The molecule has 0 spiro atoms. The largest absolute Gasteiger partial charge is 0.0847 e. The maximum atomic E-state index is 2.17. The first kappa shape index (κ1) is 16.8. The molecule has 0 aliphatic heterocycles. The molecule has 0 aromatic heterocycles. The minimum atomic E-state index is 0. The molecule has 0 N–H and O–H groups in total. The summed E-state index contributed by atoms with van der Waals surface area (Å²) >= 11 is 0. The molecule has 11 heavy (non-hydrogen) atoms. The highest BCUT2D eigenvalue weighted by Gasteiger charge is 1.77. The van der Waals surface area contributed by atoms with E-state index in [1.807, 2.05) is 13.8 Å². The summed E-state index contributed by atoms with van der Waals surface area (Å²) in [5.74, 6) is 0. The van der Waals surface area contributed by atoms with E-state index in [-0.39, 0.29) is 7.43 Å². The van der Waals surface area contributed by atoms with Gasteiger partial charge in [0.05, 0.1) is 0 Å². The van der Waals surface area contributed by atoms with Gasteiger partial charge < -0.3 is 0 Å². The number of hydrogen-bond donors (Lipinski definition) is 0. The molecule has 0 heteroatoms. The highest BCUT2D eigenvalue weighted by molar-refractivity contribution is 5.18. The van der Waals surface area contributed by atoms with Crippen molar-refractivity contribution >= 4 is 0 Å². The average molecular weight is 156 g/mol. The van der Waals surface area contributed by atoms with Crippen LogP contribution < -0.4 is 0 Å². The molecular weight excluding hydrogens is 132 g/mol. The monoisotopic (exact) mass is 156 g/mol. The van der Waals surface area contributed by atoms with Gasteiger partial charge in [0.1, 0.15) is 0 Å². The maximum Gasteiger partial charge on any atom is -0.0401 e. The topological polar surface area (TPSA) is 0 Å². The van der Waals surface area contributed by atoms with E-state index in [2.05, 4.69) is 39.8 Å². The van der Waals surface area contributed by atoms with Crippen molar-refractivity contribution in [2.24, 2.45) is 0 Å². The Bertz CT molecular complexity index is 112. The summed E-state index contributed by atoms with van der Waals surface area (Å²) in [6.07, 6.45) is 4.27.